The Hall–Kier alpha value is -2.44. The second-order valence-corrected chi connectivity index (χ2v) is 18.0. The summed E-state index contributed by atoms with van der Waals surface area (Å²) in [5.74, 6) is -0.524. The Morgan fingerprint density at radius 3 is 1.34 bits per heavy atom. The molecule has 0 fully saturated rings. The van der Waals surface area contributed by atoms with Gasteiger partial charge >= 0.3 is 5.97 Å². The summed E-state index contributed by atoms with van der Waals surface area (Å²) < 4.78 is 5.91. The van der Waals surface area contributed by atoms with E-state index in [0.29, 0.717) is 19.3 Å². The molecule has 0 aliphatic carbocycles. The van der Waals surface area contributed by atoms with Gasteiger partial charge in [0.15, 0.2) is 0 Å². The minimum absolute atomic E-state index is 0.0472. The first-order valence-electron chi connectivity index (χ1n) is 26.6. The number of aliphatic hydroxyl groups is 2. The van der Waals surface area contributed by atoms with E-state index in [-0.39, 0.29) is 24.9 Å². The van der Waals surface area contributed by atoms with Gasteiger partial charge in [-0.2, -0.15) is 0 Å². The molecule has 0 rings (SSSR count). The van der Waals surface area contributed by atoms with Gasteiger partial charge in [0.25, 0.3) is 0 Å². The highest BCUT2D eigenvalue weighted by molar-refractivity contribution is 5.77. The second-order valence-electron chi connectivity index (χ2n) is 18.0. The van der Waals surface area contributed by atoms with Crippen molar-refractivity contribution in [3.63, 3.8) is 0 Å². The molecule has 0 aromatic carbocycles. The molecular weight excluding hydrogens is 767 g/mol. The van der Waals surface area contributed by atoms with Crippen LogP contribution >= 0.6 is 0 Å². The summed E-state index contributed by atoms with van der Waals surface area (Å²) in [4.78, 5) is 26.1. The van der Waals surface area contributed by atoms with Crippen LogP contribution in [0.4, 0.5) is 0 Å². The molecule has 0 aliphatic rings. The monoisotopic (exact) mass is 868 g/mol. The number of carbonyl (C=O) groups is 2. The maximum atomic E-state index is 13.2. The Bertz CT molecular complexity index is 1110. The Labute approximate surface area is 384 Å². The summed E-state index contributed by atoms with van der Waals surface area (Å²) in [5.41, 5.74) is 0. The fourth-order valence-corrected chi connectivity index (χ4v) is 7.89. The fraction of sp³-hybridized carbons (Fsp3) is 0.786. The van der Waals surface area contributed by atoms with E-state index in [2.05, 4.69) is 74.7 Å². The topological polar surface area (TPSA) is 95.9 Å². The highest BCUT2D eigenvalue weighted by Gasteiger charge is 2.24. The highest BCUT2D eigenvalue weighted by atomic mass is 16.5. The van der Waals surface area contributed by atoms with E-state index < -0.39 is 18.2 Å². The third-order valence-electron chi connectivity index (χ3n) is 11.9. The lowest BCUT2D eigenvalue weighted by Crippen LogP contribution is -2.46. The summed E-state index contributed by atoms with van der Waals surface area (Å²) in [6, 6.07) is -0.717. The van der Waals surface area contributed by atoms with Gasteiger partial charge in [0.2, 0.25) is 5.91 Å². The zero-order chi connectivity index (χ0) is 45.2. The third-order valence-corrected chi connectivity index (χ3v) is 11.9. The number of rotatable bonds is 47. The molecule has 3 N–H and O–H groups in total. The van der Waals surface area contributed by atoms with Crippen LogP contribution in [-0.2, 0) is 14.3 Å². The molecule has 0 saturated heterocycles. The van der Waals surface area contributed by atoms with Gasteiger partial charge in [-0.25, -0.2) is 0 Å². The molecule has 360 valence electrons. The van der Waals surface area contributed by atoms with E-state index in [9.17, 15) is 19.8 Å². The first-order chi connectivity index (χ1) is 30.5. The molecule has 0 aliphatic heterocycles. The first-order valence-corrected chi connectivity index (χ1v) is 26.6. The Morgan fingerprint density at radius 1 is 0.484 bits per heavy atom. The number of ether oxygens (including phenoxy) is 1. The molecule has 0 saturated carbocycles. The van der Waals surface area contributed by atoms with Gasteiger partial charge in [-0.15, -0.1) is 0 Å². The van der Waals surface area contributed by atoms with Gasteiger partial charge in [-0.1, -0.05) is 236 Å². The van der Waals surface area contributed by atoms with Crippen molar-refractivity contribution < 1.29 is 24.5 Å². The van der Waals surface area contributed by atoms with Gasteiger partial charge < -0.3 is 20.3 Å². The van der Waals surface area contributed by atoms with Crippen molar-refractivity contribution in [3.05, 3.63) is 60.8 Å². The van der Waals surface area contributed by atoms with Crippen LogP contribution in [0.3, 0.4) is 0 Å². The summed E-state index contributed by atoms with van der Waals surface area (Å²) in [6.07, 6.45) is 61.4. The summed E-state index contributed by atoms with van der Waals surface area (Å²) in [7, 11) is 0. The van der Waals surface area contributed by atoms with E-state index in [1.165, 1.54) is 122 Å². The Kier molecular flexibility index (Phi) is 47.6. The number of hydrogen-bond acceptors (Lipinski definition) is 5. The van der Waals surface area contributed by atoms with E-state index in [1.807, 2.05) is 12.2 Å². The molecule has 3 atom stereocenters. The summed E-state index contributed by atoms with van der Waals surface area (Å²) in [6.45, 7) is 6.34. The third kappa shape index (κ3) is 44.2. The van der Waals surface area contributed by atoms with Crippen molar-refractivity contribution in [2.75, 3.05) is 6.61 Å². The van der Waals surface area contributed by atoms with Crippen LogP contribution in [0.15, 0.2) is 60.8 Å². The molecule has 0 aromatic rings. The molecule has 0 aromatic heterocycles. The van der Waals surface area contributed by atoms with Crippen LogP contribution in [0.25, 0.3) is 0 Å². The SMILES string of the molecule is CC/C=C/C=C/C=C\CCCCCC(CC(=O)NC(CO)C(O)CCCCCCCCCCCCCCCC)OC(=O)CCCCCCC/C=C/C=C/CCCCCCCCC. The maximum Gasteiger partial charge on any atom is 0.306 e. The molecule has 0 spiro atoms. The number of amides is 1. The van der Waals surface area contributed by atoms with Crippen molar-refractivity contribution >= 4 is 11.9 Å². The van der Waals surface area contributed by atoms with Crippen molar-refractivity contribution in [1.82, 2.24) is 5.32 Å². The van der Waals surface area contributed by atoms with Crippen LogP contribution in [0.2, 0.25) is 0 Å². The number of nitrogens with one attached hydrogen (secondary N) is 1. The van der Waals surface area contributed by atoms with E-state index in [1.54, 1.807) is 0 Å². The van der Waals surface area contributed by atoms with Gasteiger partial charge in [0.05, 0.1) is 25.2 Å². The van der Waals surface area contributed by atoms with Gasteiger partial charge in [0, 0.05) is 6.42 Å². The van der Waals surface area contributed by atoms with Crippen LogP contribution < -0.4 is 5.32 Å². The molecular formula is C56H101NO5. The molecule has 6 nitrogen and oxygen atoms in total. The molecule has 0 heterocycles. The van der Waals surface area contributed by atoms with Crippen molar-refractivity contribution in [2.45, 2.75) is 277 Å². The number of allylic oxidation sites excluding steroid dienone is 10. The first kappa shape index (κ1) is 59.6. The fourth-order valence-electron chi connectivity index (χ4n) is 7.89. The Morgan fingerprint density at radius 2 is 0.871 bits per heavy atom. The number of unbranched alkanes of at least 4 members (excludes halogenated alkanes) is 28. The minimum Gasteiger partial charge on any atom is -0.462 e. The number of esters is 1. The van der Waals surface area contributed by atoms with Crippen LogP contribution in [0.5, 0.6) is 0 Å². The summed E-state index contributed by atoms with van der Waals surface area (Å²) in [5, 5.41) is 23.8. The lowest BCUT2D eigenvalue weighted by molar-refractivity contribution is -0.151. The zero-order valence-corrected chi connectivity index (χ0v) is 41.0. The number of hydrogen-bond donors (Lipinski definition) is 3. The van der Waals surface area contributed by atoms with Crippen LogP contribution in [-0.4, -0.2) is 46.9 Å². The van der Waals surface area contributed by atoms with Gasteiger partial charge in [-0.05, 0) is 70.6 Å². The lowest BCUT2D eigenvalue weighted by atomic mass is 10.0. The van der Waals surface area contributed by atoms with Crippen LogP contribution in [0.1, 0.15) is 258 Å². The Balaban J connectivity index is 4.55. The quantitative estimate of drug-likeness (QED) is 0.0322. The van der Waals surface area contributed by atoms with Crippen molar-refractivity contribution in [3.8, 4) is 0 Å². The largest absolute Gasteiger partial charge is 0.462 e. The minimum atomic E-state index is -0.801. The maximum absolute atomic E-state index is 13.2. The predicted octanol–water partition coefficient (Wildman–Crippen LogP) is 16.0. The van der Waals surface area contributed by atoms with Gasteiger partial charge in [-0.3, -0.25) is 9.59 Å². The average molecular weight is 868 g/mol. The summed E-state index contributed by atoms with van der Waals surface area (Å²) >= 11 is 0. The second kappa shape index (κ2) is 49.6. The highest BCUT2D eigenvalue weighted by Crippen LogP contribution is 2.17. The van der Waals surface area contributed by atoms with Crippen molar-refractivity contribution in [1.29, 1.82) is 0 Å². The zero-order valence-electron chi connectivity index (χ0n) is 41.0. The van der Waals surface area contributed by atoms with E-state index >= 15 is 0 Å². The van der Waals surface area contributed by atoms with Crippen molar-refractivity contribution in [2.24, 2.45) is 0 Å². The molecule has 1 amide bonds. The van der Waals surface area contributed by atoms with Crippen LogP contribution in [0, 0.1) is 0 Å². The number of carbonyl (C=O) groups excluding carboxylic acids is 2. The molecule has 62 heavy (non-hydrogen) atoms. The smallest absolute Gasteiger partial charge is 0.306 e. The van der Waals surface area contributed by atoms with Gasteiger partial charge in [0.1, 0.15) is 6.10 Å². The van der Waals surface area contributed by atoms with E-state index in [4.69, 9.17) is 4.74 Å². The molecule has 6 heteroatoms. The normalized spacial score (nSPS) is 13.7. The molecule has 0 radical (unpaired) electrons. The standard InChI is InChI=1S/C56H101NO5/c1-4-7-10-13-16-19-22-24-26-27-28-29-31-34-37-40-43-46-49-56(61)62-52(47-44-41-38-35-32-21-18-15-12-9-6-3)50-55(60)57-53(51-58)54(59)48-45-42-39-36-33-30-25-23-20-17-14-11-8-5-2/h9,12,15,18,21,26-29,32,52-54,58-59H,4-8,10-11,13-14,16-17,19-20,22-25,30-31,33-51H2,1-3H3,(H,57,60)/b12-9+,18-15+,27-26+,29-28+,32-21-. The lowest BCUT2D eigenvalue weighted by Gasteiger charge is -2.24. The van der Waals surface area contributed by atoms with E-state index in [0.717, 1.165) is 89.9 Å². The predicted molar refractivity (Wildman–Crippen MR) is 268 cm³/mol. The number of aliphatic hydroxyl groups excluding tert-OH is 2. The molecule has 3 unspecified atom stereocenters. The molecule has 0 bridgehead atoms. The average Bonchev–Trinajstić information content (AvgIpc) is 3.26.